The molecule has 0 radical (unpaired) electrons. The van der Waals surface area contributed by atoms with E-state index in [1.54, 1.807) is 6.20 Å². The molecule has 96 valence electrons. The summed E-state index contributed by atoms with van der Waals surface area (Å²) in [6.45, 7) is 8.58. The molecule has 0 saturated carbocycles. The van der Waals surface area contributed by atoms with E-state index in [0.717, 1.165) is 11.3 Å². The van der Waals surface area contributed by atoms with Crippen LogP contribution in [0, 0.1) is 0 Å². The summed E-state index contributed by atoms with van der Waals surface area (Å²) in [5.74, 6) is 0.817. The number of rotatable bonds is 4. The van der Waals surface area contributed by atoms with E-state index < -0.39 is 0 Å². The summed E-state index contributed by atoms with van der Waals surface area (Å²) in [5, 5.41) is 0. The summed E-state index contributed by atoms with van der Waals surface area (Å²) in [7, 11) is 0. The lowest BCUT2D eigenvalue weighted by Crippen LogP contribution is -2.37. The number of aromatic nitrogens is 1. The summed E-state index contributed by atoms with van der Waals surface area (Å²) in [6.07, 6.45) is 1.79. The highest BCUT2D eigenvalue weighted by atomic mass is 16.4. The van der Waals surface area contributed by atoms with Gasteiger partial charge in [-0.2, -0.15) is 0 Å². The number of hydrogen-bond acceptors (Lipinski definition) is 3. The number of hydrogen-bond donors (Lipinski definition) is 0. The van der Waals surface area contributed by atoms with E-state index in [1.807, 2.05) is 30.3 Å². The third kappa shape index (κ3) is 2.55. The molecule has 0 fully saturated rings. The molecular formula is C15H20N2O. The van der Waals surface area contributed by atoms with Crippen LogP contribution in [0.2, 0.25) is 0 Å². The van der Waals surface area contributed by atoms with Crippen LogP contribution in [-0.2, 0) is 0 Å². The largest absolute Gasteiger partial charge is 0.423 e. The molecule has 0 N–H and O–H groups in total. The Labute approximate surface area is 108 Å². The monoisotopic (exact) mass is 244 g/mol. The molecule has 0 spiro atoms. The molecule has 0 aliphatic rings. The molecular weight excluding hydrogens is 224 g/mol. The summed E-state index contributed by atoms with van der Waals surface area (Å²) in [6, 6.07) is 11.5. The summed E-state index contributed by atoms with van der Waals surface area (Å²) in [4.78, 5) is 6.57. The average Bonchev–Trinajstić information content (AvgIpc) is 2.78. The smallest absolute Gasteiger partial charge is 0.298 e. The lowest BCUT2D eigenvalue weighted by atomic mass is 10.2. The van der Waals surface area contributed by atoms with E-state index in [4.69, 9.17) is 4.42 Å². The van der Waals surface area contributed by atoms with E-state index in [2.05, 4.69) is 37.6 Å². The van der Waals surface area contributed by atoms with Crippen molar-refractivity contribution in [3.8, 4) is 11.3 Å². The molecule has 1 aromatic carbocycles. The Kier molecular flexibility index (Phi) is 3.70. The quantitative estimate of drug-likeness (QED) is 0.815. The van der Waals surface area contributed by atoms with Gasteiger partial charge in [0.2, 0.25) is 0 Å². The predicted molar refractivity (Wildman–Crippen MR) is 74.7 cm³/mol. The summed E-state index contributed by atoms with van der Waals surface area (Å²) >= 11 is 0. The first-order valence-electron chi connectivity index (χ1n) is 6.39. The van der Waals surface area contributed by atoms with Gasteiger partial charge in [-0.05, 0) is 27.7 Å². The first-order chi connectivity index (χ1) is 8.59. The molecule has 0 atom stereocenters. The molecule has 0 aliphatic carbocycles. The molecule has 0 unspecified atom stereocenters. The second kappa shape index (κ2) is 5.25. The van der Waals surface area contributed by atoms with Crippen molar-refractivity contribution in [3.63, 3.8) is 0 Å². The summed E-state index contributed by atoms with van der Waals surface area (Å²) < 4.78 is 5.87. The van der Waals surface area contributed by atoms with Crippen LogP contribution in [0.4, 0.5) is 6.01 Å². The van der Waals surface area contributed by atoms with Crippen molar-refractivity contribution < 1.29 is 4.42 Å². The minimum absolute atomic E-state index is 0.368. The van der Waals surface area contributed by atoms with E-state index in [9.17, 15) is 0 Å². The zero-order valence-electron chi connectivity index (χ0n) is 11.4. The third-order valence-corrected chi connectivity index (χ3v) is 2.89. The van der Waals surface area contributed by atoms with Crippen LogP contribution in [-0.4, -0.2) is 17.1 Å². The number of nitrogens with zero attached hydrogens (tertiary/aromatic N) is 2. The van der Waals surface area contributed by atoms with Gasteiger partial charge < -0.3 is 9.32 Å². The van der Waals surface area contributed by atoms with Crippen LogP contribution in [0.25, 0.3) is 11.3 Å². The van der Waals surface area contributed by atoms with Gasteiger partial charge in [0.05, 0.1) is 6.20 Å². The van der Waals surface area contributed by atoms with Gasteiger partial charge in [0.1, 0.15) is 0 Å². The number of anilines is 1. The Morgan fingerprint density at radius 1 is 1.00 bits per heavy atom. The van der Waals surface area contributed by atoms with E-state index in [-0.39, 0.29) is 0 Å². The van der Waals surface area contributed by atoms with Crippen LogP contribution in [0.5, 0.6) is 0 Å². The lowest BCUT2D eigenvalue weighted by molar-refractivity contribution is 0.493. The van der Waals surface area contributed by atoms with Crippen LogP contribution in [0.1, 0.15) is 27.7 Å². The predicted octanol–water partition coefficient (Wildman–Crippen LogP) is 3.96. The van der Waals surface area contributed by atoms with Gasteiger partial charge in [-0.3, -0.25) is 0 Å². The van der Waals surface area contributed by atoms with E-state index >= 15 is 0 Å². The topological polar surface area (TPSA) is 29.3 Å². The fourth-order valence-corrected chi connectivity index (χ4v) is 2.16. The molecule has 0 bridgehead atoms. The van der Waals surface area contributed by atoms with Crippen molar-refractivity contribution >= 4 is 6.01 Å². The summed E-state index contributed by atoms with van der Waals surface area (Å²) in [5.41, 5.74) is 1.06. The van der Waals surface area contributed by atoms with Crippen LogP contribution < -0.4 is 4.90 Å². The van der Waals surface area contributed by atoms with Gasteiger partial charge in [-0.25, -0.2) is 4.98 Å². The minimum atomic E-state index is 0.368. The van der Waals surface area contributed by atoms with Crippen LogP contribution >= 0.6 is 0 Å². The first-order valence-corrected chi connectivity index (χ1v) is 6.39. The zero-order chi connectivity index (χ0) is 13.1. The van der Waals surface area contributed by atoms with Gasteiger partial charge in [0.25, 0.3) is 6.01 Å². The van der Waals surface area contributed by atoms with E-state index in [1.165, 1.54) is 0 Å². The normalized spacial score (nSPS) is 11.2. The maximum atomic E-state index is 5.87. The zero-order valence-corrected chi connectivity index (χ0v) is 11.4. The van der Waals surface area contributed by atoms with E-state index in [0.29, 0.717) is 18.1 Å². The fraction of sp³-hybridized carbons (Fsp3) is 0.400. The fourth-order valence-electron chi connectivity index (χ4n) is 2.16. The van der Waals surface area contributed by atoms with Crippen molar-refractivity contribution in [2.24, 2.45) is 0 Å². The maximum absolute atomic E-state index is 5.87. The Morgan fingerprint density at radius 2 is 1.61 bits per heavy atom. The van der Waals surface area contributed by atoms with Crippen LogP contribution in [0.15, 0.2) is 40.9 Å². The second-order valence-electron chi connectivity index (χ2n) is 4.97. The van der Waals surface area contributed by atoms with Gasteiger partial charge in [0.15, 0.2) is 5.76 Å². The van der Waals surface area contributed by atoms with Gasteiger partial charge >= 0.3 is 0 Å². The van der Waals surface area contributed by atoms with Gasteiger partial charge in [-0.15, -0.1) is 0 Å². The SMILES string of the molecule is CC(C)N(c1ncc(-c2ccccc2)o1)C(C)C. The minimum Gasteiger partial charge on any atom is -0.423 e. The molecule has 2 rings (SSSR count). The molecule has 3 nitrogen and oxygen atoms in total. The lowest BCUT2D eigenvalue weighted by Gasteiger charge is -2.28. The third-order valence-electron chi connectivity index (χ3n) is 2.89. The Balaban J connectivity index is 2.30. The standard InChI is InChI=1S/C15H20N2O/c1-11(2)17(12(3)4)15-16-10-14(18-15)13-8-6-5-7-9-13/h5-12H,1-4H3. The van der Waals surface area contributed by atoms with Crippen molar-refractivity contribution in [2.45, 2.75) is 39.8 Å². The Bertz CT molecular complexity index is 480. The highest BCUT2D eigenvalue weighted by Gasteiger charge is 2.19. The number of benzene rings is 1. The molecule has 1 aromatic heterocycles. The molecule has 1 heterocycles. The van der Waals surface area contributed by atoms with Crippen LogP contribution in [0.3, 0.4) is 0 Å². The first kappa shape index (κ1) is 12.7. The Morgan fingerprint density at radius 3 is 2.17 bits per heavy atom. The van der Waals surface area contributed by atoms with Crippen molar-refractivity contribution in [1.29, 1.82) is 0 Å². The molecule has 0 saturated heterocycles. The average molecular weight is 244 g/mol. The molecule has 2 aromatic rings. The van der Waals surface area contributed by atoms with Crippen molar-refractivity contribution in [1.82, 2.24) is 4.98 Å². The molecule has 0 amide bonds. The maximum Gasteiger partial charge on any atom is 0.298 e. The van der Waals surface area contributed by atoms with Gasteiger partial charge in [-0.1, -0.05) is 30.3 Å². The number of oxazole rings is 1. The highest BCUT2D eigenvalue weighted by molar-refractivity contribution is 5.57. The van der Waals surface area contributed by atoms with Crippen molar-refractivity contribution in [3.05, 3.63) is 36.5 Å². The second-order valence-corrected chi connectivity index (χ2v) is 4.97. The highest BCUT2D eigenvalue weighted by Crippen LogP contribution is 2.26. The Hall–Kier alpha value is -1.77. The molecule has 18 heavy (non-hydrogen) atoms. The molecule has 3 heteroatoms. The van der Waals surface area contributed by atoms with Crippen molar-refractivity contribution in [2.75, 3.05) is 4.90 Å². The van der Waals surface area contributed by atoms with Gasteiger partial charge in [0, 0.05) is 17.6 Å². The molecule has 0 aliphatic heterocycles.